The van der Waals surface area contributed by atoms with E-state index in [-0.39, 0.29) is 16.6 Å². The van der Waals surface area contributed by atoms with Crippen LogP contribution in [0.1, 0.15) is 64.6 Å². The minimum Gasteiger partial charge on any atom is -0.496 e. The summed E-state index contributed by atoms with van der Waals surface area (Å²) in [5.74, 6) is 1.43. The van der Waals surface area contributed by atoms with E-state index >= 15 is 0 Å². The predicted octanol–water partition coefficient (Wildman–Crippen LogP) is 7.04. The van der Waals surface area contributed by atoms with Gasteiger partial charge < -0.3 is 4.74 Å². The van der Waals surface area contributed by atoms with Gasteiger partial charge in [-0.1, -0.05) is 62.0 Å². The van der Waals surface area contributed by atoms with Crippen molar-refractivity contribution in [3.8, 4) is 5.75 Å². The largest absolute Gasteiger partial charge is 0.496 e. The summed E-state index contributed by atoms with van der Waals surface area (Å²) in [6, 6.07) is 14.5. The number of aryl methyl sites for hydroxylation is 1. The molecule has 0 radical (unpaired) electrons. The number of aromatic nitrogens is 2. The third-order valence-corrected chi connectivity index (χ3v) is 5.92. The molecule has 172 valence electrons. The maximum atomic E-state index is 13.0. The normalized spacial score (nSPS) is 11.5. The summed E-state index contributed by atoms with van der Waals surface area (Å²) >= 11 is 1.26. The van der Waals surface area contributed by atoms with Gasteiger partial charge in [-0.25, -0.2) is 18.7 Å². The highest BCUT2D eigenvalue weighted by Gasteiger charge is 2.13. The van der Waals surface area contributed by atoms with Crippen LogP contribution in [0.5, 0.6) is 5.75 Å². The second-order valence-electron chi connectivity index (χ2n) is 7.85. The first-order valence-electron chi connectivity index (χ1n) is 10.5. The van der Waals surface area contributed by atoms with Gasteiger partial charge in [0.2, 0.25) is 0 Å². The van der Waals surface area contributed by atoms with Crippen LogP contribution in [0.25, 0.3) is 6.08 Å². The summed E-state index contributed by atoms with van der Waals surface area (Å²) in [7, 11) is 1.57. The summed E-state index contributed by atoms with van der Waals surface area (Å²) < 4.78 is 31.5. The van der Waals surface area contributed by atoms with Crippen molar-refractivity contribution >= 4 is 23.6 Å². The van der Waals surface area contributed by atoms with Crippen LogP contribution in [0.2, 0.25) is 0 Å². The predicted molar refractivity (Wildman–Crippen MR) is 128 cm³/mol. The van der Waals surface area contributed by atoms with E-state index in [0.29, 0.717) is 28.7 Å². The van der Waals surface area contributed by atoms with E-state index in [1.165, 1.54) is 23.4 Å². The smallest absolute Gasteiger partial charge is 0.280 e. The molecular weight excluding hydrogens is 442 g/mol. The number of hydrogen-bond donors (Lipinski definition) is 0. The van der Waals surface area contributed by atoms with Crippen molar-refractivity contribution in [2.24, 2.45) is 0 Å². The lowest BCUT2D eigenvalue weighted by Gasteiger charge is -2.10. The Morgan fingerprint density at radius 3 is 2.45 bits per heavy atom. The molecule has 4 nitrogen and oxygen atoms in total. The van der Waals surface area contributed by atoms with Crippen LogP contribution in [0.3, 0.4) is 0 Å². The lowest BCUT2D eigenvalue weighted by molar-refractivity contribution is 0.104. The van der Waals surface area contributed by atoms with Gasteiger partial charge in [-0.2, -0.15) is 0 Å². The Morgan fingerprint density at radius 1 is 1.09 bits per heavy atom. The number of rotatable bonds is 9. The Kier molecular flexibility index (Phi) is 8.33. The lowest BCUT2D eigenvalue weighted by atomic mass is 10.00. The van der Waals surface area contributed by atoms with Crippen molar-refractivity contribution in [3.05, 3.63) is 88.2 Å². The fourth-order valence-electron chi connectivity index (χ4n) is 3.20. The monoisotopic (exact) mass is 468 g/mol. The Bertz CT molecular complexity index is 1150. The first kappa shape index (κ1) is 24.6. The van der Waals surface area contributed by atoms with Gasteiger partial charge in [-0.15, -0.1) is 0 Å². The van der Waals surface area contributed by atoms with Gasteiger partial charge in [0.15, 0.2) is 10.9 Å². The van der Waals surface area contributed by atoms with E-state index in [0.717, 1.165) is 11.1 Å². The first-order chi connectivity index (χ1) is 15.8. The number of thioether (sulfide) groups is 1. The molecule has 0 fully saturated rings. The molecular formula is C26H26F2N2O2S. The second-order valence-corrected chi connectivity index (χ2v) is 8.79. The molecule has 0 saturated carbocycles. The number of methoxy groups -OCH3 is 1. The molecule has 0 aliphatic carbocycles. The standard InChI is InChI=1S/C26H26F2N2O2S/c1-16(2)19-7-9-20(10-8-19)23(31)11-5-18-6-12-24(32-4)21(14-18)15-33-26-29-17(3)13-22(30-26)25(27)28/h5-14,16,25H,15H2,1-4H3/b11-5+. The van der Waals surface area contributed by atoms with E-state index in [9.17, 15) is 13.6 Å². The SMILES string of the molecule is COc1ccc(/C=C/C(=O)c2ccc(C(C)C)cc2)cc1CSc1nc(C)cc(C(F)F)n1. The number of carbonyl (C=O) groups is 1. The number of halogens is 2. The molecule has 0 atom stereocenters. The van der Waals surface area contributed by atoms with Gasteiger partial charge in [-0.3, -0.25) is 4.79 Å². The van der Waals surface area contributed by atoms with Crippen molar-refractivity contribution in [1.29, 1.82) is 0 Å². The van der Waals surface area contributed by atoms with Gasteiger partial charge in [0.05, 0.1) is 7.11 Å². The number of ether oxygens (including phenoxy) is 1. The zero-order valence-corrected chi connectivity index (χ0v) is 19.8. The maximum Gasteiger partial charge on any atom is 0.280 e. The van der Waals surface area contributed by atoms with E-state index < -0.39 is 6.43 Å². The van der Waals surface area contributed by atoms with Crippen molar-refractivity contribution in [1.82, 2.24) is 9.97 Å². The van der Waals surface area contributed by atoms with Crippen molar-refractivity contribution in [2.45, 2.75) is 44.0 Å². The Hall–Kier alpha value is -3.06. The summed E-state index contributed by atoms with van der Waals surface area (Å²) in [5.41, 5.74) is 3.71. The number of nitrogens with zero attached hydrogens (tertiary/aromatic N) is 2. The fourth-order valence-corrected chi connectivity index (χ4v) is 4.09. The molecule has 0 aliphatic rings. The molecule has 0 saturated heterocycles. The van der Waals surface area contributed by atoms with E-state index in [1.807, 2.05) is 42.5 Å². The van der Waals surface area contributed by atoms with E-state index in [4.69, 9.17) is 4.74 Å². The van der Waals surface area contributed by atoms with Gasteiger partial charge in [0.25, 0.3) is 6.43 Å². The number of carbonyl (C=O) groups excluding carboxylic acids is 1. The Labute approximate surface area is 197 Å². The third-order valence-electron chi connectivity index (χ3n) is 5.03. The summed E-state index contributed by atoms with van der Waals surface area (Å²) in [6.07, 6.45) is 0.652. The van der Waals surface area contributed by atoms with Crippen LogP contribution in [0.15, 0.2) is 59.8 Å². The van der Waals surface area contributed by atoms with E-state index in [1.54, 1.807) is 26.2 Å². The highest BCUT2D eigenvalue weighted by Crippen LogP contribution is 2.29. The molecule has 2 aromatic carbocycles. The van der Waals surface area contributed by atoms with Crippen molar-refractivity contribution in [2.75, 3.05) is 7.11 Å². The molecule has 0 aliphatic heterocycles. The molecule has 0 bridgehead atoms. The molecule has 1 heterocycles. The average Bonchev–Trinajstić information content (AvgIpc) is 2.80. The molecule has 0 unspecified atom stereocenters. The molecule has 7 heteroatoms. The minimum atomic E-state index is -2.65. The first-order valence-corrected chi connectivity index (χ1v) is 11.5. The van der Waals surface area contributed by atoms with Crippen LogP contribution in [0.4, 0.5) is 8.78 Å². The number of ketones is 1. The van der Waals surface area contributed by atoms with Gasteiger partial charge in [-0.05, 0) is 48.2 Å². The van der Waals surface area contributed by atoms with Crippen molar-refractivity contribution < 1.29 is 18.3 Å². The molecule has 3 aromatic rings. The highest BCUT2D eigenvalue weighted by atomic mass is 32.2. The minimum absolute atomic E-state index is 0.0789. The maximum absolute atomic E-state index is 13.0. The quantitative estimate of drug-likeness (QED) is 0.146. The number of hydrogen-bond acceptors (Lipinski definition) is 5. The molecule has 33 heavy (non-hydrogen) atoms. The number of benzene rings is 2. The fraction of sp³-hybridized carbons (Fsp3) is 0.269. The van der Waals surface area contributed by atoms with Gasteiger partial charge >= 0.3 is 0 Å². The average molecular weight is 469 g/mol. The summed E-state index contributed by atoms with van der Waals surface area (Å²) in [5, 5.41) is 0.285. The third kappa shape index (κ3) is 6.71. The molecule has 0 spiro atoms. The summed E-state index contributed by atoms with van der Waals surface area (Å²) in [4.78, 5) is 20.7. The molecule has 1 aromatic heterocycles. The van der Waals surface area contributed by atoms with E-state index in [2.05, 4.69) is 23.8 Å². The molecule has 3 rings (SSSR count). The van der Waals surface area contributed by atoms with Gasteiger partial charge in [0.1, 0.15) is 11.4 Å². The van der Waals surface area contributed by atoms with Crippen LogP contribution in [-0.2, 0) is 5.75 Å². The Balaban J connectivity index is 1.74. The lowest BCUT2D eigenvalue weighted by Crippen LogP contribution is -1.98. The van der Waals surface area contributed by atoms with Crippen LogP contribution < -0.4 is 4.74 Å². The molecule has 0 N–H and O–H groups in total. The number of allylic oxidation sites excluding steroid dienone is 1. The van der Waals surface area contributed by atoms with Crippen LogP contribution >= 0.6 is 11.8 Å². The highest BCUT2D eigenvalue weighted by molar-refractivity contribution is 7.98. The zero-order chi connectivity index (χ0) is 24.0. The number of alkyl halides is 2. The van der Waals surface area contributed by atoms with Gasteiger partial charge in [0, 0.05) is 22.6 Å². The second kappa shape index (κ2) is 11.2. The Morgan fingerprint density at radius 2 is 1.82 bits per heavy atom. The van der Waals surface area contributed by atoms with Crippen molar-refractivity contribution in [3.63, 3.8) is 0 Å². The van der Waals surface area contributed by atoms with Crippen LogP contribution in [0, 0.1) is 6.92 Å². The van der Waals surface area contributed by atoms with Crippen LogP contribution in [-0.4, -0.2) is 22.9 Å². The zero-order valence-electron chi connectivity index (χ0n) is 19.0. The topological polar surface area (TPSA) is 52.1 Å². The molecule has 0 amide bonds. The summed E-state index contributed by atoms with van der Waals surface area (Å²) in [6.45, 7) is 5.88.